The van der Waals surface area contributed by atoms with E-state index in [2.05, 4.69) is 43.2 Å². The van der Waals surface area contributed by atoms with E-state index < -0.39 is 0 Å². The predicted octanol–water partition coefficient (Wildman–Crippen LogP) is 4.61. The molecule has 3 heteroatoms. The van der Waals surface area contributed by atoms with Crippen LogP contribution in [0.1, 0.15) is 44.2 Å². The van der Waals surface area contributed by atoms with E-state index >= 15 is 0 Å². The molecular formula is C18H24N2O. The standard InChI is InChI=1S/C18H24N2O/c1-4-11-19-18-10-5-15(12-20-18)13-21-17-8-6-16(7-9-17)14(2)3/h5-10,12,14H,4,11,13H2,1-3H3,(H,19,20). The van der Waals surface area contributed by atoms with Crippen LogP contribution >= 0.6 is 0 Å². The van der Waals surface area contributed by atoms with E-state index in [-0.39, 0.29) is 0 Å². The molecule has 1 N–H and O–H groups in total. The molecule has 2 aromatic rings. The number of benzene rings is 1. The number of ether oxygens (including phenoxy) is 1. The fraction of sp³-hybridized carbons (Fsp3) is 0.389. The molecule has 0 fully saturated rings. The summed E-state index contributed by atoms with van der Waals surface area (Å²) in [6.07, 6.45) is 2.96. The zero-order valence-electron chi connectivity index (χ0n) is 13.1. The molecule has 1 heterocycles. The molecule has 0 aliphatic rings. The summed E-state index contributed by atoms with van der Waals surface area (Å²) < 4.78 is 5.79. The summed E-state index contributed by atoms with van der Waals surface area (Å²) >= 11 is 0. The zero-order chi connectivity index (χ0) is 15.1. The second-order valence-corrected chi connectivity index (χ2v) is 5.49. The third-order valence-electron chi connectivity index (χ3n) is 3.33. The number of hydrogen-bond donors (Lipinski definition) is 1. The normalized spacial score (nSPS) is 10.7. The molecule has 0 aliphatic carbocycles. The maximum atomic E-state index is 5.79. The van der Waals surface area contributed by atoms with Crippen LogP contribution in [0.3, 0.4) is 0 Å². The molecule has 1 aromatic heterocycles. The topological polar surface area (TPSA) is 34.1 Å². The monoisotopic (exact) mass is 284 g/mol. The first kappa shape index (κ1) is 15.4. The third-order valence-corrected chi connectivity index (χ3v) is 3.33. The summed E-state index contributed by atoms with van der Waals surface area (Å²) in [5, 5.41) is 3.26. The van der Waals surface area contributed by atoms with Gasteiger partial charge in [-0.05, 0) is 36.1 Å². The second-order valence-electron chi connectivity index (χ2n) is 5.49. The Balaban J connectivity index is 1.87. The molecule has 3 nitrogen and oxygen atoms in total. The molecule has 0 amide bonds. The first-order valence-electron chi connectivity index (χ1n) is 7.60. The highest BCUT2D eigenvalue weighted by Gasteiger charge is 2.01. The van der Waals surface area contributed by atoms with Crippen LogP contribution in [0.2, 0.25) is 0 Å². The average molecular weight is 284 g/mol. The van der Waals surface area contributed by atoms with Gasteiger partial charge in [-0.3, -0.25) is 0 Å². The van der Waals surface area contributed by atoms with Crippen LogP contribution < -0.4 is 10.1 Å². The van der Waals surface area contributed by atoms with Crippen LogP contribution in [0.15, 0.2) is 42.6 Å². The van der Waals surface area contributed by atoms with Crippen LogP contribution in [-0.4, -0.2) is 11.5 Å². The van der Waals surface area contributed by atoms with Crippen molar-refractivity contribution in [2.24, 2.45) is 0 Å². The average Bonchev–Trinajstić information content (AvgIpc) is 2.52. The maximum Gasteiger partial charge on any atom is 0.125 e. The van der Waals surface area contributed by atoms with Crippen molar-refractivity contribution in [3.05, 3.63) is 53.7 Å². The Hall–Kier alpha value is -2.03. The fourth-order valence-corrected chi connectivity index (χ4v) is 1.98. The molecule has 21 heavy (non-hydrogen) atoms. The minimum atomic E-state index is 0.544. The van der Waals surface area contributed by atoms with Crippen LogP contribution in [-0.2, 0) is 6.61 Å². The second kappa shape index (κ2) is 7.67. The van der Waals surface area contributed by atoms with Crippen molar-refractivity contribution in [3.8, 4) is 5.75 Å². The lowest BCUT2D eigenvalue weighted by atomic mass is 10.0. The molecule has 0 bridgehead atoms. The Morgan fingerprint density at radius 1 is 1.10 bits per heavy atom. The maximum absolute atomic E-state index is 5.79. The predicted molar refractivity (Wildman–Crippen MR) is 87.9 cm³/mol. The number of pyridine rings is 1. The van der Waals surface area contributed by atoms with Crippen molar-refractivity contribution >= 4 is 5.82 Å². The molecule has 0 saturated heterocycles. The number of anilines is 1. The highest BCUT2D eigenvalue weighted by Crippen LogP contribution is 2.19. The number of rotatable bonds is 7. The van der Waals surface area contributed by atoms with E-state index in [1.54, 1.807) is 0 Å². The van der Waals surface area contributed by atoms with Crippen molar-refractivity contribution in [2.75, 3.05) is 11.9 Å². The first-order chi connectivity index (χ1) is 10.2. The van der Waals surface area contributed by atoms with Gasteiger partial charge in [0, 0.05) is 18.3 Å². The summed E-state index contributed by atoms with van der Waals surface area (Å²) in [4.78, 5) is 4.37. The van der Waals surface area contributed by atoms with Gasteiger partial charge in [0.1, 0.15) is 18.2 Å². The Morgan fingerprint density at radius 3 is 2.43 bits per heavy atom. The Kier molecular flexibility index (Phi) is 5.61. The molecule has 112 valence electrons. The molecule has 0 atom stereocenters. The van der Waals surface area contributed by atoms with Crippen LogP contribution in [0.4, 0.5) is 5.82 Å². The van der Waals surface area contributed by atoms with Gasteiger partial charge in [0.2, 0.25) is 0 Å². The number of nitrogens with one attached hydrogen (secondary N) is 1. The Bertz CT molecular complexity index is 532. The van der Waals surface area contributed by atoms with Crippen molar-refractivity contribution in [2.45, 2.75) is 39.7 Å². The van der Waals surface area contributed by atoms with E-state index in [9.17, 15) is 0 Å². The zero-order valence-corrected chi connectivity index (χ0v) is 13.1. The number of hydrogen-bond acceptors (Lipinski definition) is 3. The minimum absolute atomic E-state index is 0.544. The van der Waals surface area contributed by atoms with E-state index in [0.29, 0.717) is 12.5 Å². The number of nitrogens with zero attached hydrogens (tertiary/aromatic N) is 1. The van der Waals surface area contributed by atoms with Gasteiger partial charge in [-0.25, -0.2) is 4.98 Å². The van der Waals surface area contributed by atoms with Gasteiger partial charge in [0.05, 0.1) is 0 Å². The van der Waals surface area contributed by atoms with Gasteiger partial charge in [-0.2, -0.15) is 0 Å². The van der Waals surface area contributed by atoms with Gasteiger partial charge in [-0.1, -0.05) is 39.0 Å². The summed E-state index contributed by atoms with van der Waals surface area (Å²) in [7, 11) is 0. The summed E-state index contributed by atoms with van der Waals surface area (Å²) in [6, 6.07) is 12.3. The van der Waals surface area contributed by atoms with Crippen LogP contribution in [0.5, 0.6) is 5.75 Å². The smallest absolute Gasteiger partial charge is 0.125 e. The summed E-state index contributed by atoms with van der Waals surface area (Å²) in [6.45, 7) is 8.01. The van der Waals surface area contributed by atoms with E-state index in [1.165, 1.54) is 5.56 Å². The van der Waals surface area contributed by atoms with E-state index in [0.717, 1.165) is 30.1 Å². The van der Waals surface area contributed by atoms with Gasteiger partial charge in [0.15, 0.2) is 0 Å². The van der Waals surface area contributed by atoms with Crippen molar-refractivity contribution in [3.63, 3.8) is 0 Å². The van der Waals surface area contributed by atoms with Crippen molar-refractivity contribution in [1.82, 2.24) is 4.98 Å². The van der Waals surface area contributed by atoms with Gasteiger partial charge in [-0.15, -0.1) is 0 Å². The van der Waals surface area contributed by atoms with E-state index in [4.69, 9.17) is 4.74 Å². The molecule has 0 saturated carbocycles. The largest absolute Gasteiger partial charge is 0.489 e. The summed E-state index contributed by atoms with van der Waals surface area (Å²) in [5.74, 6) is 2.36. The molecule has 2 rings (SSSR count). The first-order valence-corrected chi connectivity index (χ1v) is 7.60. The lowest BCUT2D eigenvalue weighted by molar-refractivity contribution is 0.305. The quantitative estimate of drug-likeness (QED) is 0.806. The molecule has 0 unspecified atom stereocenters. The highest BCUT2D eigenvalue weighted by molar-refractivity contribution is 5.35. The SMILES string of the molecule is CCCNc1ccc(COc2ccc(C(C)C)cc2)cn1. The molecule has 1 aromatic carbocycles. The van der Waals surface area contributed by atoms with Gasteiger partial charge < -0.3 is 10.1 Å². The highest BCUT2D eigenvalue weighted by atomic mass is 16.5. The van der Waals surface area contributed by atoms with E-state index in [1.807, 2.05) is 30.5 Å². The molecule has 0 aliphatic heterocycles. The third kappa shape index (κ3) is 4.78. The number of aromatic nitrogens is 1. The molecule has 0 spiro atoms. The van der Waals surface area contributed by atoms with Crippen molar-refractivity contribution < 1.29 is 4.74 Å². The van der Waals surface area contributed by atoms with Crippen LogP contribution in [0.25, 0.3) is 0 Å². The lowest BCUT2D eigenvalue weighted by Gasteiger charge is -2.09. The Morgan fingerprint density at radius 2 is 1.86 bits per heavy atom. The van der Waals surface area contributed by atoms with Crippen LogP contribution in [0, 0.1) is 0 Å². The summed E-state index contributed by atoms with van der Waals surface area (Å²) in [5.41, 5.74) is 2.40. The lowest BCUT2D eigenvalue weighted by Crippen LogP contribution is -2.02. The Labute approximate surface area is 127 Å². The van der Waals surface area contributed by atoms with Crippen molar-refractivity contribution in [1.29, 1.82) is 0 Å². The molecular weight excluding hydrogens is 260 g/mol. The molecule has 0 radical (unpaired) electrons. The fourth-order valence-electron chi connectivity index (χ4n) is 1.98. The van der Waals surface area contributed by atoms with Gasteiger partial charge in [0.25, 0.3) is 0 Å². The minimum Gasteiger partial charge on any atom is -0.489 e. The van der Waals surface area contributed by atoms with Gasteiger partial charge >= 0.3 is 0 Å².